The maximum atomic E-state index is 9.74. The van der Waals surface area contributed by atoms with E-state index >= 15 is 0 Å². The lowest BCUT2D eigenvalue weighted by Crippen LogP contribution is -2.30. The van der Waals surface area contributed by atoms with Crippen LogP contribution < -0.4 is 5.73 Å². The highest BCUT2D eigenvalue weighted by atomic mass is 79.9. The second-order valence-electron chi connectivity index (χ2n) is 2.71. The van der Waals surface area contributed by atoms with Crippen molar-refractivity contribution >= 4 is 38.9 Å². The van der Waals surface area contributed by atoms with Crippen LogP contribution in [0.15, 0.2) is 10.5 Å². The third kappa shape index (κ3) is 2.00. The molecule has 1 aromatic rings. The molecule has 0 amide bonds. The SMILES string of the molecule is CC(O)(CN)c1cc(Br)c(Cl)s1. The molecule has 0 aliphatic heterocycles. The molecule has 0 spiro atoms. The number of thiophene rings is 1. The molecule has 1 atom stereocenters. The number of halogens is 2. The Morgan fingerprint density at radius 2 is 2.42 bits per heavy atom. The van der Waals surface area contributed by atoms with Gasteiger partial charge in [-0.3, -0.25) is 0 Å². The molecule has 68 valence electrons. The molecule has 3 N–H and O–H groups in total. The molecular weight excluding hydrogens is 262 g/mol. The van der Waals surface area contributed by atoms with Crippen molar-refractivity contribution in [3.8, 4) is 0 Å². The molecule has 1 heterocycles. The van der Waals surface area contributed by atoms with Gasteiger partial charge >= 0.3 is 0 Å². The number of aliphatic hydroxyl groups is 1. The maximum absolute atomic E-state index is 9.74. The average Bonchev–Trinajstić information content (AvgIpc) is 2.33. The first-order valence-corrected chi connectivity index (χ1v) is 5.34. The Kier molecular flexibility index (Phi) is 3.17. The average molecular weight is 271 g/mol. The van der Waals surface area contributed by atoms with Crippen molar-refractivity contribution in [2.24, 2.45) is 5.73 Å². The van der Waals surface area contributed by atoms with E-state index in [0.717, 1.165) is 9.35 Å². The molecule has 0 fully saturated rings. The van der Waals surface area contributed by atoms with Crippen molar-refractivity contribution < 1.29 is 5.11 Å². The van der Waals surface area contributed by atoms with Crippen molar-refractivity contribution in [2.75, 3.05) is 6.54 Å². The fourth-order valence-corrected chi connectivity index (χ4v) is 2.47. The van der Waals surface area contributed by atoms with Crippen LogP contribution in [0, 0.1) is 0 Å². The fourth-order valence-electron chi connectivity index (χ4n) is 0.713. The Morgan fingerprint density at radius 3 is 2.75 bits per heavy atom. The van der Waals surface area contributed by atoms with Gasteiger partial charge in [-0.2, -0.15) is 0 Å². The molecule has 1 rings (SSSR count). The van der Waals surface area contributed by atoms with Gasteiger partial charge in [0.1, 0.15) is 9.94 Å². The van der Waals surface area contributed by atoms with E-state index in [9.17, 15) is 5.11 Å². The lowest BCUT2D eigenvalue weighted by atomic mass is 10.1. The van der Waals surface area contributed by atoms with Crippen LogP contribution in [-0.4, -0.2) is 11.7 Å². The van der Waals surface area contributed by atoms with Gasteiger partial charge in [0.15, 0.2) is 0 Å². The zero-order valence-corrected chi connectivity index (χ0v) is 9.63. The lowest BCUT2D eigenvalue weighted by Gasteiger charge is -2.18. The highest BCUT2D eigenvalue weighted by Crippen LogP contribution is 2.36. The smallest absolute Gasteiger partial charge is 0.108 e. The molecule has 0 aromatic carbocycles. The molecule has 1 unspecified atom stereocenters. The van der Waals surface area contributed by atoms with Crippen molar-refractivity contribution in [1.82, 2.24) is 0 Å². The molecule has 0 aliphatic rings. The standard InChI is InChI=1S/C7H9BrClNOS/c1-7(11,3-10)5-2-4(8)6(9)12-5/h2,11H,3,10H2,1H3. The minimum Gasteiger partial charge on any atom is -0.383 e. The second kappa shape index (κ2) is 3.64. The minimum atomic E-state index is -0.972. The van der Waals surface area contributed by atoms with Crippen molar-refractivity contribution in [3.63, 3.8) is 0 Å². The van der Waals surface area contributed by atoms with Gasteiger partial charge in [0.05, 0.1) is 0 Å². The van der Waals surface area contributed by atoms with Gasteiger partial charge in [-0.15, -0.1) is 11.3 Å². The van der Waals surface area contributed by atoms with Gasteiger partial charge in [-0.05, 0) is 28.9 Å². The normalized spacial score (nSPS) is 16.1. The fraction of sp³-hybridized carbons (Fsp3) is 0.429. The first-order valence-electron chi connectivity index (χ1n) is 3.35. The van der Waals surface area contributed by atoms with Crippen LogP contribution >= 0.6 is 38.9 Å². The number of rotatable bonds is 2. The number of nitrogens with two attached hydrogens (primary N) is 1. The predicted octanol–water partition coefficient (Wildman–Crippen LogP) is 2.33. The summed E-state index contributed by atoms with van der Waals surface area (Å²) in [7, 11) is 0. The Balaban J connectivity index is 3.04. The van der Waals surface area contributed by atoms with E-state index in [1.165, 1.54) is 11.3 Å². The van der Waals surface area contributed by atoms with Gasteiger partial charge in [-0.1, -0.05) is 11.6 Å². The molecule has 0 aliphatic carbocycles. The molecule has 0 bridgehead atoms. The quantitative estimate of drug-likeness (QED) is 0.866. The topological polar surface area (TPSA) is 46.2 Å². The molecule has 0 saturated heterocycles. The molecule has 2 nitrogen and oxygen atoms in total. The van der Waals surface area contributed by atoms with Crippen LogP contribution in [0.2, 0.25) is 4.34 Å². The van der Waals surface area contributed by atoms with E-state index in [1.807, 2.05) is 0 Å². The summed E-state index contributed by atoms with van der Waals surface area (Å²) in [5.41, 5.74) is 4.42. The van der Waals surface area contributed by atoms with Gasteiger partial charge in [-0.25, -0.2) is 0 Å². The third-order valence-corrected chi connectivity index (χ3v) is 4.30. The lowest BCUT2D eigenvalue weighted by molar-refractivity contribution is 0.0707. The maximum Gasteiger partial charge on any atom is 0.108 e. The summed E-state index contributed by atoms with van der Waals surface area (Å²) in [6, 6.07) is 1.79. The van der Waals surface area contributed by atoms with Gasteiger partial charge in [0.25, 0.3) is 0 Å². The van der Waals surface area contributed by atoms with E-state index in [-0.39, 0.29) is 6.54 Å². The first kappa shape index (κ1) is 10.5. The van der Waals surface area contributed by atoms with E-state index < -0.39 is 5.60 Å². The highest BCUT2D eigenvalue weighted by Gasteiger charge is 2.24. The molecule has 0 saturated carbocycles. The van der Waals surface area contributed by atoms with Gasteiger partial charge in [0, 0.05) is 15.9 Å². The van der Waals surface area contributed by atoms with Crippen LogP contribution in [-0.2, 0) is 5.60 Å². The van der Waals surface area contributed by atoms with Gasteiger partial charge in [0.2, 0.25) is 0 Å². The molecule has 5 heteroatoms. The molecule has 0 radical (unpaired) electrons. The molecule has 12 heavy (non-hydrogen) atoms. The Bertz CT molecular complexity index is 267. The van der Waals surface area contributed by atoms with Crippen molar-refractivity contribution in [1.29, 1.82) is 0 Å². The van der Waals surface area contributed by atoms with Crippen LogP contribution in [0.5, 0.6) is 0 Å². The Hall–Kier alpha value is 0.390. The van der Waals surface area contributed by atoms with Crippen LogP contribution in [0.25, 0.3) is 0 Å². The van der Waals surface area contributed by atoms with E-state index in [4.69, 9.17) is 17.3 Å². The summed E-state index contributed by atoms with van der Waals surface area (Å²) < 4.78 is 1.44. The first-order chi connectivity index (χ1) is 5.47. The Morgan fingerprint density at radius 1 is 1.83 bits per heavy atom. The monoisotopic (exact) mass is 269 g/mol. The Labute approximate surface area is 88.5 Å². The third-order valence-electron chi connectivity index (χ3n) is 1.57. The summed E-state index contributed by atoms with van der Waals surface area (Å²) in [6.07, 6.45) is 0. The predicted molar refractivity (Wildman–Crippen MR) is 55.7 cm³/mol. The van der Waals surface area contributed by atoms with Crippen LogP contribution in [0.1, 0.15) is 11.8 Å². The summed E-state index contributed by atoms with van der Waals surface area (Å²) in [6.45, 7) is 1.86. The van der Waals surface area contributed by atoms with E-state index in [2.05, 4.69) is 15.9 Å². The van der Waals surface area contributed by atoms with Crippen molar-refractivity contribution in [3.05, 3.63) is 19.8 Å². The highest BCUT2D eigenvalue weighted by molar-refractivity contribution is 9.10. The molecule has 1 aromatic heterocycles. The largest absolute Gasteiger partial charge is 0.383 e. The summed E-state index contributed by atoms with van der Waals surface area (Å²) >= 11 is 10.4. The van der Waals surface area contributed by atoms with Crippen LogP contribution in [0.3, 0.4) is 0 Å². The van der Waals surface area contributed by atoms with Crippen molar-refractivity contribution in [2.45, 2.75) is 12.5 Å². The molecular formula is C7H9BrClNOS. The van der Waals surface area contributed by atoms with Crippen LogP contribution in [0.4, 0.5) is 0 Å². The number of hydrogen-bond acceptors (Lipinski definition) is 3. The van der Waals surface area contributed by atoms with E-state index in [0.29, 0.717) is 4.34 Å². The zero-order chi connectivity index (χ0) is 9.35. The number of hydrogen-bond donors (Lipinski definition) is 2. The summed E-state index contributed by atoms with van der Waals surface area (Å²) in [5, 5.41) is 9.74. The summed E-state index contributed by atoms with van der Waals surface area (Å²) in [4.78, 5) is 0.780. The zero-order valence-electron chi connectivity index (χ0n) is 6.47. The van der Waals surface area contributed by atoms with E-state index in [1.54, 1.807) is 13.0 Å². The summed E-state index contributed by atoms with van der Waals surface area (Å²) in [5.74, 6) is 0. The van der Waals surface area contributed by atoms with Gasteiger partial charge < -0.3 is 10.8 Å². The minimum absolute atomic E-state index is 0.191. The second-order valence-corrected chi connectivity index (χ2v) is 5.22.